The van der Waals surface area contributed by atoms with Crippen LogP contribution < -0.4 is 10.1 Å². The number of nitrogens with one attached hydrogen (secondary N) is 1. The number of aryl methyl sites for hydroxylation is 1. The van der Waals surface area contributed by atoms with Crippen molar-refractivity contribution >= 4 is 24.1 Å². The minimum atomic E-state index is -0.137. The number of ketones is 1. The summed E-state index contributed by atoms with van der Waals surface area (Å²) in [4.78, 5) is 27.3. The van der Waals surface area contributed by atoms with E-state index in [9.17, 15) is 9.59 Å². The third-order valence-corrected chi connectivity index (χ3v) is 9.64. The summed E-state index contributed by atoms with van der Waals surface area (Å²) in [5.74, 6) is 1.06. The van der Waals surface area contributed by atoms with Crippen molar-refractivity contribution in [3.8, 4) is 5.75 Å². The molecular formula is C41H49ClN2O3. The van der Waals surface area contributed by atoms with Gasteiger partial charge in [0, 0.05) is 37.0 Å². The summed E-state index contributed by atoms with van der Waals surface area (Å²) in [6.07, 6.45) is 7.16. The Morgan fingerprint density at radius 3 is 2.02 bits per heavy atom. The van der Waals surface area contributed by atoms with E-state index in [2.05, 4.69) is 83.0 Å². The van der Waals surface area contributed by atoms with Crippen molar-refractivity contribution in [2.24, 2.45) is 0 Å². The van der Waals surface area contributed by atoms with Crippen LogP contribution in [0.1, 0.15) is 77.2 Å². The van der Waals surface area contributed by atoms with E-state index in [1.807, 2.05) is 30.3 Å². The van der Waals surface area contributed by atoms with Gasteiger partial charge >= 0.3 is 0 Å². The highest BCUT2D eigenvalue weighted by molar-refractivity contribution is 5.94. The van der Waals surface area contributed by atoms with E-state index in [-0.39, 0.29) is 29.5 Å². The van der Waals surface area contributed by atoms with Crippen LogP contribution in [0, 0.1) is 0 Å². The first-order chi connectivity index (χ1) is 22.5. The molecule has 1 N–H and O–H groups in total. The van der Waals surface area contributed by atoms with Gasteiger partial charge in [-0.25, -0.2) is 0 Å². The number of ether oxygens (including phenoxy) is 1. The molecule has 4 aromatic rings. The van der Waals surface area contributed by atoms with Crippen LogP contribution in [0.4, 0.5) is 0 Å². The Morgan fingerprint density at radius 1 is 0.787 bits per heavy atom. The molecule has 0 saturated carbocycles. The lowest BCUT2D eigenvalue weighted by Crippen LogP contribution is -2.33. The van der Waals surface area contributed by atoms with Crippen LogP contribution >= 0.6 is 12.4 Å². The largest absolute Gasteiger partial charge is 0.497 e. The molecule has 1 amide bonds. The van der Waals surface area contributed by atoms with E-state index in [0.717, 1.165) is 75.0 Å². The first-order valence-corrected chi connectivity index (χ1v) is 16.8. The fourth-order valence-corrected chi connectivity index (χ4v) is 6.96. The Kier molecular flexibility index (Phi) is 13.6. The van der Waals surface area contributed by atoms with Gasteiger partial charge in [0.15, 0.2) is 5.78 Å². The number of benzene rings is 4. The highest BCUT2D eigenvalue weighted by atomic mass is 35.5. The Labute approximate surface area is 287 Å². The van der Waals surface area contributed by atoms with Gasteiger partial charge in [-0.1, -0.05) is 84.9 Å². The van der Waals surface area contributed by atoms with Crippen LogP contribution in [0.2, 0.25) is 0 Å². The first kappa shape index (κ1) is 35.9. The third-order valence-electron chi connectivity index (χ3n) is 9.64. The molecule has 0 saturated heterocycles. The summed E-state index contributed by atoms with van der Waals surface area (Å²) < 4.78 is 5.24. The van der Waals surface area contributed by atoms with Gasteiger partial charge in [0.25, 0.3) is 0 Å². The lowest BCUT2D eigenvalue weighted by molar-refractivity contribution is -0.121. The number of fused-ring (bicyclic) bond motifs is 1. The monoisotopic (exact) mass is 652 g/mol. The molecule has 0 fully saturated rings. The van der Waals surface area contributed by atoms with E-state index in [1.165, 1.54) is 22.3 Å². The molecule has 5 nitrogen and oxygen atoms in total. The molecule has 1 aliphatic rings. The van der Waals surface area contributed by atoms with Crippen LogP contribution in [-0.4, -0.2) is 49.9 Å². The van der Waals surface area contributed by atoms with Gasteiger partial charge in [0.1, 0.15) is 5.75 Å². The molecular weight excluding hydrogens is 604 g/mol. The lowest BCUT2D eigenvalue weighted by atomic mass is 9.68. The van der Waals surface area contributed by atoms with Gasteiger partial charge < -0.3 is 15.0 Å². The number of rotatable bonds is 15. The van der Waals surface area contributed by atoms with Crippen molar-refractivity contribution < 1.29 is 14.3 Å². The number of carbonyl (C=O) groups excluding carboxylic acids is 2. The predicted octanol–water partition coefficient (Wildman–Crippen LogP) is 8.02. The fourth-order valence-electron chi connectivity index (χ4n) is 6.96. The summed E-state index contributed by atoms with van der Waals surface area (Å²) in [5.41, 5.74) is 7.19. The van der Waals surface area contributed by atoms with Crippen molar-refractivity contribution in [3.63, 3.8) is 0 Å². The second kappa shape index (κ2) is 17.8. The molecule has 0 aromatic heterocycles. The number of carbonyl (C=O) groups is 2. The molecule has 6 heteroatoms. The maximum Gasteiger partial charge on any atom is 0.220 e. The number of halogens is 1. The van der Waals surface area contributed by atoms with Gasteiger partial charge in [-0.15, -0.1) is 12.4 Å². The highest BCUT2D eigenvalue weighted by Gasteiger charge is 2.33. The smallest absolute Gasteiger partial charge is 0.220 e. The van der Waals surface area contributed by atoms with Crippen LogP contribution in [-0.2, 0) is 29.5 Å². The van der Waals surface area contributed by atoms with Crippen molar-refractivity contribution in [1.29, 1.82) is 0 Å². The molecule has 1 aliphatic heterocycles. The maximum atomic E-state index is 12.8. The zero-order valence-electron chi connectivity index (χ0n) is 27.9. The molecule has 0 atom stereocenters. The molecule has 0 bridgehead atoms. The van der Waals surface area contributed by atoms with E-state index in [4.69, 9.17) is 4.74 Å². The van der Waals surface area contributed by atoms with E-state index >= 15 is 0 Å². The van der Waals surface area contributed by atoms with Gasteiger partial charge in [-0.2, -0.15) is 0 Å². The standard InChI is InChI=1S/C41H48N2O3.ClH/c1-32(44)35-19-18-34-23-29-43(30-24-36(34)31-35)28-10-26-41(37-11-5-3-6-12-37,38-13-7-4-8-14-38)25-9-27-42-40(45)22-17-33-15-20-39(46-2)21-16-33;/h3-8,11-16,18-21,31H,9-10,17,22-30H2,1-2H3,(H,42,45);1H. The lowest BCUT2D eigenvalue weighted by Gasteiger charge is -2.36. The van der Waals surface area contributed by atoms with Gasteiger partial charge in [-0.05, 0) is 104 Å². The molecule has 0 spiro atoms. The van der Waals surface area contributed by atoms with Crippen LogP contribution in [0.25, 0.3) is 0 Å². The first-order valence-electron chi connectivity index (χ1n) is 16.8. The van der Waals surface area contributed by atoms with Gasteiger partial charge in [-0.3, -0.25) is 9.59 Å². The van der Waals surface area contributed by atoms with Crippen molar-refractivity contribution in [2.75, 3.05) is 33.3 Å². The normalized spacial score (nSPS) is 13.1. The van der Waals surface area contributed by atoms with Gasteiger partial charge in [0.2, 0.25) is 5.91 Å². The molecule has 5 rings (SSSR count). The minimum absolute atomic E-state index is 0. The number of Topliss-reactive ketones (excluding diaryl/α,β-unsaturated/α-hetero) is 1. The number of amides is 1. The zero-order valence-corrected chi connectivity index (χ0v) is 28.7. The van der Waals surface area contributed by atoms with Crippen molar-refractivity contribution in [3.05, 3.63) is 137 Å². The second-order valence-electron chi connectivity index (χ2n) is 12.6. The van der Waals surface area contributed by atoms with E-state index in [0.29, 0.717) is 19.4 Å². The number of methoxy groups -OCH3 is 1. The summed E-state index contributed by atoms with van der Waals surface area (Å²) >= 11 is 0. The molecule has 0 radical (unpaired) electrons. The zero-order chi connectivity index (χ0) is 32.2. The van der Waals surface area contributed by atoms with Crippen LogP contribution in [0.3, 0.4) is 0 Å². The Morgan fingerprint density at radius 2 is 1.40 bits per heavy atom. The average Bonchev–Trinajstić information content (AvgIpc) is 3.31. The van der Waals surface area contributed by atoms with E-state index in [1.54, 1.807) is 14.0 Å². The Hall–Kier alpha value is -3.93. The molecule has 0 unspecified atom stereocenters. The topological polar surface area (TPSA) is 58.6 Å². The summed E-state index contributed by atoms with van der Waals surface area (Å²) in [6.45, 7) is 5.40. The molecule has 47 heavy (non-hydrogen) atoms. The molecule has 1 heterocycles. The van der Waals surface area contributed by atoms with Crippen LogP contribution in [0.5, 0.6) is 5.75 Å². The molecule has 0 aliphatic carbocycles. The maximum absolute atomic E-state index is 12.8. The predicted molar refractivity (Wildman–Crippen MR) is 194 cm³/mol. The number of hydrogen-bond donors (Lipinski definition) is 1. The van der Waals surface area contributed by atoms with Crippen molar-refractivity contribution in [1.82, 2.24) is 10.2 Å². The molecule has 4 aromatic carbocycles. The summed E-state index contributed by atoms with van der Waals surface area (Å²) in [5, 5.41) is 3.19. The Balaban J connectivity index is 0.00000500. The average molecular weight is 653 g/mol. The van der Waals surface area contributed by atoms with Crippen LogP contribution in [0.15, 0.2) is 103 Å². The van der Waals surface area contributed by atoms with Gasteiger partial charge in [0.05, 0.1) is 7.11 Å². The summed E-state index contributed by atoms with van der Waals surface area (Å²) in [6, 6.07) is 36.0. The quantitative estimate of drug-likeness (QED) is 0.104. The third kappa shape index (κ3) is 9.79. The second-order valence-corrected chi connectivity index (χ2v) is 12.6. The Bertz CT molecular complexity index is 1520. The number of nitrogens with zero attached hydrogens (tertiary/aromatic N) is 1. The minimum Gasteiger partial charge on any atom is -0.497 e. The van der Waals surface area contributed by atoms with E-state index < -0.39 is 0 Å². The SMILES string of the molecule is COc1ccc(CCC(=O)NCCCC(CCCN2CCc3ccc(C(C)=O)cc3CC2)(c2ccccc2)c2ccccc2)cc1.Cl. The molecule has 248 valence electrons. The summed E-state index contributed by atoms with van der Waals surface area (Å²) in [7, 11) is 1.66. The highest BCUT2D eigenvalue weighted by Crippen LogP contribution is 2.41. The van der Waals surface area contributed by atoms with Crippen molar-refractivity contribution in [2.45, 2.75) is 63.7 Å². The fraction of sp³-hybridized carbons (Fsp3) is 0.366. The number of hydrogen-bond acceptors (Lipinski definition) is 4.